The Hall–Kier alpha value is -1.26. The molecule has 0 spiro atoms. The lowest BCUT2D eigenvalue weighted by Crippen LogP contribution is -2.40. The molecule has 0 atom stereocenters. The van der Waals surface area contributed by atoms with Gasteiger partial charge in [0.05, 0.1) is 19.1 Å². The molecule has 0 unspecified atom stereocenters. The third-order valence-electron chi connectivity index (χ3n) is 3.55. The first-order valence-electron chi connectivity index (χ1n) is 7.46. The Morgan fingerprint density at radius 2 is 2.05 bits per heavy atom. The van der Waals surface area contributed by atoms with Gasteiger partial charge in [-0.1, -0.05) is 11.6 Å². The van der Waals surface area contributed by atoms with E-state index in [0.717, 1.165) is 30.2 Å². The Labute approximate surface area is 130 Å². The number of esters is 1. The molecular weight excluding hydrogens is 290 g/mol. The maximum Gasteiger partial charge on any atom is 0.307 e. The molecule has 1 aliphatic rings. The van der Waals surface area contributed by atoms with Crippen molar-refractivity contribution < 1.29 is 14.3 Å². The predicted octanol–water partition coefficient (Wildman–Crippen LogP) is 3.04. The molecule has 1 aromatic carbocycles. The van der Waals surface area contributed by atoms with E-state index in [2.05, 4.69) is 5.32 Å². The summed E-state index contributed by atoms with van der Waals surface area (Å²) in [5.74, 6) is 1.37. The normalized spacial score (nSPS) is 20.7. The first-order chi connectivity index (χ1) is 10.2. The number of carbonyl (C=O) groups excluding carboxylic acids is 1. The molecule has 1 saturated carbocycles. The van der Waals surface area contributed by atoms with Crippen LogP contribution in [0.3, 0.4) is 0 Å². The van der Waals surface area contributed by atoms with Crippen LogP contribution in [0.5, 0.6) is 5.75 Å². The largest absolute Gasteiger partial charge is 0.490 e. The van der Waals surface area contributed by atoms with Crippen LogP contribution in [0.1, 0.15) is 26.2 Å². The summed E-state index contributed by atoms with van der Waals surface area (Å²) in [7, 11) is 0. The van der Waals surface area contributed by atoms with Crippen LogP contribution in [0.2, 0.25) is 5.02 Å². The zero-order valence-corrected chi connectivity index (χ0v) is 13.1. The van der Waals surface area contributed by atoms with E-state index in [1.54, 1.807) is 0 Å². The van der Waals surface area contributed by atoms with Crippen molar-refractivity contribution in [2.24, 2.45) is 5.92 Å². The van der Waals surface area contributed by atoms with E-state index in [-0.39, 0.29) is 5.97 Å². The molecule has 0 bridgehead atoms. The molecule has 1 fully saturated rings. The maximum absolute atomic E-state index is 11.2. The van der Waals surface area contributed by atoms with Crippen LogP contribution >= 0.6 is 11.6 Å². The lowest BCUT2D eigenvalue weighted by molar-refractivity contribution is -0.143. The SMILES string of the molecule is CCOC(=O)CCNC[C@H]1C[C@H](Oc2ccc(Cl)cc2)C1. The minimum atomic E-state index is -0.137. The van der Waals surface area contributed by atoms with Gasteiger partial charge in [-0.25, -0.2) is 0 Å². The van der Waals surface area contributed by atoms with Gasteiger partial charge in [0.15, 0.2) is 0 Å². The van der Waals surface area contributed by atoms with E-state index in [1.807, 2.05) is 31.2 Å². The highest BCUT2D eigenvalue weighted by Gasteiger charge is 2.30. The topological polar surface area (TPSA) is 47.6 Å². The Bertz CT molecular complexity index is 443. The van der Waals surface area contributed by atoms with Gasteiger partial charge in [0.25, 0.3) is 0 Å². The number of ether oxygens (including phenoxy) is 2. The second-order valence-corrected chi connectivity index (χ2v) is 5.73. The van der Waals surface area contributed by atoms with E-state index in [4.69, 9.17) is 21.1 Å². The first kappa shape index (κ1) is 16.1. The number of benzene rings is 1. The summed E-state index contributed by atoms with van der Waals surface area (Å²) in [4.78, 5) is 11.2. The smallest absolute Gasteiger partial charge is 0.307 e. The highest BCUT2D eigenvalue weighted by Crippen LogP contribution is 2.31. The second kappa shape index (κ2) is 8.25. The molecule has 4 nitrogen and oxygen atoms in total. The van der Waals surface area contributed by atoms with Crippen molar-refractivity contribution in [2.45, 2.75) is 32.3 Å². The highest BCUT2D eigenvalue weighted by atomic mass is 35.5. The zero-order valence-electron chi connectivity index (χ0n) is 12.3. The van der Waals surface area contributed by atoms with Gasteiger partial charge >= 0.3 is 5.97 Å². The molecule has 5 heteroatoms. The Morgan fingerprint density at radius 3 is 2.71 bits per heavy atom. The minimum absolute atomic E-state index is 0.137. The third-order valence-corrected chi connectivity index (χ3v) is 3.81. The highest BCUT2D eigenvalue weighted by molar-refractivity contribution is 6.30. The monoisotopic (exact) mass is 311 g/mol. The van der Waals surface area contributed by atoms with Gasteiger partial charge in [-0.2, -0.15) is 0 Å². The van der Waals surface area contributed by atoms with Gasteiger partial charge < -0.3 is 14.8 Å². The number of halogens is 1. The van der Waals surface area contributed by atoms with Crippen LogP contribution in [-0.4, -0.2) is 31.8 Å². The van der Waals surface area contributed by atoms with Crippen molar-refractivity contribution in [1.82, 2.24) is 5.32 Å². The van der Waals surface area contributed by atoms with Gasteiger partial charge in [-0.3, -0.25) is 4.79 Å². The number of rotatable bonds is 8. The van der Waals surface area contributed by atoms with Crippen molar-refractivity contribution >= 4 is 17.6 Å². The number of nitrogens with one attached hydrogen (secondary N) is 1. The fourth-order valence-corrected chi connectivity index (χ4v) is 2.50. The molecule has 1 aliphatic carbocycles. The molecule has 0 heterocycles. The minimum Gasteiger partial charge on any atom is -0.490 e. The molecular formula is C16H22ClNO3. The number of hydrogen-bond acceptors (Lipinski definition) is 4. The zero-order chi connectivity index (χ0) is 15.1. The molecule has 1 aromatic rings. The van der Waals surface area contributed by atoms with Gasteiger partial charge in [0.2, 0.25) is 0 Å². The van der Waals surface area contributed by atoms with Crippen LogP contribution < -0.4 is 10.1 Å². The first-order valence-corrected chi connectivity index (χ1v) is 7.83. The van der Waals surface area contributed by atoms with Gasteiger partial charge in [-0.15, -0.1) is 0 Å². The third kappa shape index (κ3) is 5.56. The van der Waals surface area contributed by atoms with Crippen molar-refractivity contribution in [1.29, 1.82) is 0 Å². The van der Waals surface area contributed by atoms with Gasteiger partial charge in [0.1, 0.15) is 5.75 Å². The average Bonchev–Trinajstić information content (AvgIpc) is 2.42. The van der Waals surface area contributed by atoms with Gasteiger partial charge in [-0.05, 0) is 56.5 Å². The Kier molecular flexibility index (Phi) is 6.33. The molecule has 0 aromatic heterocycles. The van der Waals surface area contributed by atoms with Crippen molar-refractivity contribution in [3.63, 3.8) is 0 Å². The van der Waals surface area contributed by atoms with E-state index >= 15 is 0 Å². The summed E-state index contributed by atoms with van der Waals surface area (Å²) < 4.78 is 10.7. The van der Waals surface area contributed by atoms with Crippen molar-refractivity contribution in [3.8, 4) is 5.75 Å². The Balaban J connectivity index is 1.53. The lowest BCUT2D eigenvalue weighted by atomic mass is 9.82. The summed E-state index contributed by atoms with van der Waals surface area (Å²) in [5, 5.41) is 4.02. The fourth-order valence-electron chi connectivity index (χ4n) is 2.37. The molecule has 21 heavy (non-hydrogen) atoms. The second-order valence-electron chi connectivity index (χ2n) is 5.29. The molecule has 0 aliphatic heterocycles. The fraction of sp³-hybridized carbons (Fsp3) is 0.562. The molecule has 0 amide bonds. The maximum atomic E-state index is 11.2. The van der Waals surface area contributed by atoms with Crippen LogP contribution in [0.25, 0.3) is 0 Å². The number of hydrogen-bond donors (Lipinski definition) is 1. The van der Waals surface area contributed by atoms with Crippen molar-refractivity contribution in [3.05, 3.63) is 29.3 Å². The summed E-state index contributed by atoms with van der Waals surface area (Å²) in [6, 6.07) is 7.47. The lowest BCUT2D eigenvalue weighted by Gasteiger charge is -2.35. The summed E-state index contributed by atoms with van der Waals surface area (Å²) in [5.41, 5.74) is 0. The summed E-state index contributed by atoms with van der Waals surface area (Å²) in [6.45, 7) is 3.88. The van der Waals surface area contributed by atoms with Crippen LogP contribution in [0.15, 0.2) is 24.3 Å². The van der Waals surface area contributed by atoms with Gasteiger partial charge in [0, 0.05) is 11.6 Å². The molecule has 1 N–H and O–H groups in total. The number of carbonyl (C=O) groups is 1. The van der Waals surface area contributed by atoms with E-state index in [1.165, 1.54) is 0 Å². The van der Waals surface area contributed by atoms with E-state index in [9.17, 15) is 4.79 Å². The van der Waals surface area contributed by atoms with Crippen LogP contribution in [-0.2, 0) is 9.53 Å². The quantitative estimate of drug-likeness (QED) is 0.592. The van der Waals surface area contributed by atoms with Crippen molar-refractivity contribution in [2.75, 3.05) is 19.7 Å². The molecule has 0 saturated heterocycles. The van der Waals surface area contributed by atoms with E-state index in [0.29, 0.717) is 31.6 Å². The molecule has 116 valence electrons. The molecule has 2 rings (SSSR count). The standard InChI is InChI=1S/C16H22ClNO3/c1-2-20-16(19)7-8-18-11-12-9-15(10-12)21-14-5-3-13(17)4-6-14/h3-6,12,15,18H,2,7-11H2,1H3/t12-,15-. The van der Waals surface area contributed by atoms with Crippen LogP contribution in [0, 0.1) is 5.92 Å². The molecule has 0 radical (unpaired) electrons. The summed E-state index contributed by atoms with van der Waals surface area (Å²) >= 11 is 5.84. The predicted molar refractivity (Wildman–Crippen MR) is 82.7 cm³/mol. The van der Waals surface area contributed by atoms with Crippen LogP contribution in [0.4, 0.5) is 0 Å². The Morgan fingerprint density at radius 1 is 1.33 bits per heavy atom. The average molecular weight is 312 g/mol. The summed E-state index contributed by atoms with van der Waals surface area (Å²) in [6.07, 6.45) is 2.83. The van der Waals surface area contributed by atoms with E-state index < -0.39 is 0 Å².